The number of benzene rings is 1. The van der Waals surface area contributed by atoms with E-state index in [1.54, 1.807) is 0 Å². The molecule has 3 rings (SSSR count). The second-order valence-electron chi connectivity index (χ2n) is 6.07. The minimum Gasteiger partial charge on any atom is -0.493 e. The molecule has 110 valence electrons. The molecule has 2 aliphatic rings. The van der Waals surface area contributed by atoms with Crippen LogP contribution in [0.3, 0.4) is 0 Å². The highest BCUT2D eigenvalue weighted by Crippen LogP contribution is 2.29. The molecule has 0 bridgehead atoms. The van der Waals surface area contributed by atoms with Gasteiger partial charge in [0, 0.05) is 25.2 Å². The van der Waals surface area contributed by atoms with Crippen molar-refractivity contribution in [2.75, 3.05) is 24.6 Å². The van der Waals surface area contributed by atoms with Crippen molar-refractivity contribution in [3.05, 3.63) is 24.0 Å². The largest absolute Gasteiger partial charge is 0.493 e. The van der Waals surface area contributed by atoms with Gasteiger partial charge in [-0.1, -0.05) is 6.42 Å². The van der Waals surface area contributed by atoms with E-state index in [1.807, 2.05) is 17.0 Å². The molecule has 4 heteroatoms. The number of halogens is 1. The van der Waals surface area contributed by atoms with Crippen LogP contribution in [0, 0.1) is 11.7 Å². The number of hydrogen-bond donors (Lipinski definition) is 1. The molecule has 1 atom stereocenters. The molecule has 1 aromatic carbocycles. The summed E-state index contributed by atoms with van der Waals surface area (Å²) < 4.78 is 19.9. The number of hydrogen-bond acceptors (Lipinski definition) is 3. The lowest BCUT2D eigenvalue weighted by Gasteiger charge is -2.33. The Bertz CT molecular complexity index is 462. The zero-order valence-electron chi connectivity index (χ0n) is 11.9. The lowest BCUT2D eigenvalue weighted by Crippen LogP contribution is -2.43. The van der Waals surface area contributed by atoms with E-state index in [0.29, 0.717) is 24.0 Å². The highest BCUT2D eigenvalue weighted by Gasteiger charge is 2.21. The number of piperidine rings is 1. The molecule has 0 spiro atoms. The van der Waals surface area contributed by atoms with Gasteiger partial charge in [-0.05, 0) is 43.7 Å². The first-order valence-electron chi connectivity index (χ1n) is 7.65. The molecule has 1 saturated heterocycles. The number of nitrogens with two attached hydrogens (primary N) is 1. The zero-order chi connectivity index (χ0) is 13.9. The minimum absolute atomic E-state index is 0.151. The fraction of sp³-hybridized carbons (Fsp3) is 0.625. The maximum Gasteiger partial charge on any atom is 0.150 e. The molecule has 20 heavy (non-hydrogen) atoms. The van der Waals surface area contributed by atoms with Gasteiger partial charge in [0.2, 0.25) is 0 Å². The van der Waals surface area contributed by atoms with E-state index in [1.165, 1.54) is 25.3 Å². The molecule has 0 aromatic heterocycles. The first-order chi connectivity index (χ1) is 9.72. The van der Waals surface area contributed by atoms with Crippen molar-refractivity contribution in [1.82, 2.24) is 0 Å². The number of anilines is 1. The Morgan fingerprint density at radius 1 is 1.25 bits per heavy atom. The Hall–Kier alpha value is -1.29. The third kappa shape index (κ3) is 3.06. The topological polar surface area (TPSA) is 38.5 Å². The molecule has 1 saturated carbocycles. The zero-order valence-corrected chi connectivity index (χ0v) is 11.9. The van der Waals surface area contributed by atoms with Gasteiger partial charge in [-0.2, -0.15) is 0 Å². The molecule has 2 N–H and O–H groups in total. The van der Waals surface area contributed by atoms with Gasteiger partial charge in [-0.3, -0.25) is 0 Å². The maximum atomic E-state index is 14.2. The van der Waals surface area contributed by atoms with Crippen molar-refractivity contribution in [1.29, 1.82) is 0 Å². The van der Waals surface area contributed by atoms with Crippen LogP contribution in [0.15, 0.2) is 18.2 Å². The van der Waals surface area contributed by atoms with Crippen LogP contribution in [0.4, 0.5) is 10.1 Å². The fourth-order valence-corrected chi connectivity index (χ4v) is 2.94. The summed E-state index contributed by atoms with van der Waals surface area (Å²) in [5.41, 5.74) is 6.61. The van der Waals surface area contributed by atoms with Gasteiger partial charge in [0.05, 0.1) is 12.3 Å². The van der Waals surface area contributed by atoms with Crippen LogP contribution in [0.2, 0.25) is 0 Å². The predicted octanol–water partition coefficient (Wildman–Crippen LogP) is 2.93. The molecular weight excluding hydrogens is 255 g/mol. The van der Waals surface area contributed by atoms with Gasteiger partial charge in [-0.25, -0.2) is 4.39 Å². The normalized spacial score (nSPS) is 23.5. The number of ether oxygens (including phenoxy) is 1. The Morgan fingerprint density at radius 3 is 2.75 bits per heavy atom. The van der Waals surface area contributed by atoms with Crippen molar-refractivity contribution in [3.63, 3.8) is 0 Å². The van der Waals surface area contributed by atoms with Crippen LogP contribution >= 0.6 is 0 Å². The first kappa shape index (κ1) is 13.7. The Kier molecular flexibility index (Phi) is 4.10. The maximum absolute atomic E-state index is 14.2. The monoisotopic (exact) mass is 278 g/mol. The summed E-state index contributed by atoms with van der Waals surface area (Å²) in [5, 5.41) is 0. The molecule has 1 aliphatic heterocycles. The standard InChI is InChI=1S/C16H23FN2O/c17-15-9-14(20-11-12-3-1-4-12)6-7-16(15)19-8-2-5-13(18)10-19/h6-7,9,12-13H,1-5,8,10-11,18H2. The third-order valence-electron chi connectivity index (χ3n) is 4.43. The molecule has 0 amide bonds. The Morgan fingerprint density at radius 2 is 2.10 bits per heavy atom. The second-order valence-corrected chi connectivity index (χ2v) is 6.07. The van der Waals surface area contributed by atoms with Crippen molar-refractivity contribution in [3.8, 4) is 5.75 Å². The molecular formula is C16H23FN2O. The van der Waals surface area contributed by atoms with Crippen molar-refractivity contribution in [2.24, 2.45) is 11.7 Å². The van der Waals surface area contributed by atoms with Crippen LogP contribution in [-0.4, -0.2) is 25.7 Å². The van der Waals surface area contributed by atoms with Crippen molar-refractivity contribution < 1.29 is 9.13 Å². The van der Waals surface area contributed by atoms with Crippen LogP contribution in [0.5, 0.6) is 5.75 Å². The summed E-state index contributed by atoms with van der Waals surface area (Å²) in [6.07, 6.45) is 5.84. The molecule has 1 aromatic rings. The predicted molar refractivity (Wildman–Crippen MR) is 78.7 cm³/mol. The van der Waals surface area contributed by atoms with E-state index in [2.05, 4.69) is 0 Å². The number of rotatable bonds is 4. The average Bonchev–Trinajstić information content (AvgIpc) is 2.37. The SMILES string of the molecule is NC1CCCN(c2ccc(OCC3CCC3)cc2F)C1. The minimum atomic E-state index is -0.204. The summed E-state index contributed by atoms with van der Waals surface area (Å²) in [4.78, 5) is 2.04. The Labute approximate surface area is 119 Å². The van der Waals surface area contributed by atoms with E-state index in [-0.39, 0.29) is 11.9 Å². The molecule has 0 radical (unpaired) electrons. The van der Waals surface area contributed by atoms with E-state index in [9.17, 15) is 4.39 Å². The summed E-state index contributed by atoms with van der Waals surface area (Å²) in [6.45, 7) is 2.33. The Balaban J connectivity index is 1.63. The quantitative estimate of drug-likeness (QED) is 0.920. The van der Waals surface area contributed by atoms with Gasteiger partial charge >= 0.3 is 0 Å². The average molecular weight is 278 g/mol. The lowest BCUT2D eigenvalue weighted by atomic mass is 9.86. The van der Waals surface area contributed by atoms with Gasteiger partial charge in [-0.15, -0.1) is 0 Å². The van der Waals surface area contributed by atoms with E-state index < -0.39 is 0 Å². The first-order valence-corrected chi connectivity index (χ1v) is 7.65. The fourth-order valence-electron chi connectivity index (χ4n) is 2.94. The van der Waals surface area contributed by atoms with Crippen molar-refractivity contribution in [2.45, 2.75) is 38.1 Å². The van der Waals surface area contributed by atoms with E-state index in [0.717, 1.165) is 25.9 Å². The third-order valence-corrected chi connectivity index (χ3v) is 4.43. The second kappa shape index (κ2) is 6.00. The number of nitrogens with zero attached hydrogens (tertiary/aromatic N) is 1. The smallest absolute Gasteiger partial charge is 0.150 e. The van der Waals surface area contributed by atoms with Crippen LogP contribution in [-0.2, 0) is 0 Å². The van der Waals surface area contributed by atoms with Crippen LogP contribution in [0.1, 0.15) is 32.1 Å². The summed E-state index contributed by atoms with van der Waals surface area (Å²) in [6, 6.07) is 5.35. The van der Waals surface area contributed by atoms with Gasteiger partial charge < -0.3 is 15.4 Å². The highest BCUT2D eigenvalue weighted by molar-refractivity contribution is 5.51. The lowest BCUT2D eigenvalue weighted by molar-refractivity contribution is 0.180. The highest BCUT2D eigenvalue weighted by atomic mass is 19.1. The van der Waals surface area contributed by atoms with Crippen molar-refractivity contribution >= 4 is 5.69 Å². The molecule has 1 aliphatic carbocycles. The summed E-state index contributed by atoms with van der Waals surface area (Å²) in [5.74, 6) is 1.10. The van der Waals surface area contributed by atoms with E-state index in [4.69, 9.17) is 10.5 Å². The van der Waals surface area contributed by atoms with Gasteiger partial charge in [0.25, 0.3) is 0 Å². The molecule has 1 heterocycles. The summed E-state index contributed by atoms with van der Waals surface area (Å²) in [7, 11) is 0. The van der Waals surface area contributed by atoms with Gasteiger partial charge in [0.1, 0.15) is 11.6 Å². The van der Waals surface area contributed by atoms with Crippen LogP contribution < -0.4 is 15.4 Å². The summed E-state index contributed by atoms with van der Waals surface area (Å²) >= 11 is 0. The van der Waals surface area contributed by atoms with Crippen LogP contribution in [0.25, 0.3) is 0 Å². The van der Waals surface area contributed by atoms with E-state index >= 15 is 0 Å². The molecule has 3 nitrogen and oxygen atoms in total. The molecule has 1 unspecified atom stereocenters. The van der Waals surface area contributed by atoms with Gasteiger partial charge in [0.15, 0.2) is 0 Å². The molecule has 2 fully saturated rings.